The second-order valence-electron chi connectivity index (χ2n) is 15.5. The summed E-state index contributed by atoms with van der Waals surface area (Å²) in [4.78, 5) is 0. The van der Waals surface area contributed by atoms with Crippen molar-refractivity contribution in [2.75, 3.05) is 0 Å². The molecular weight excluding hydrogens is 703 g/mol. The van der Waals surface area contributed by atoms with Gasteiger partial charge in [0.1, 0.15) is 5.92 Å². The highest BCUT2D eigenvalue weighted by molar-refractivity contribution is 6.23. The highest BCUT2D eigenvalue weighted by Crippen LogP contribution is 2.43. The highest BCUT2D eigenvalue weighted by atomic mass is 15.1. The number of hydrogen-bond donors (Lipinski definition) is 0. The maximum Gasteiger partial charge on any atom is 0.211 e. The van der Waals surface area contributed by atoms with Crippen molar-refractivity contribution >= 4 is 54.9 Å². The highest BCUT2D eigenvalue weighted by Gasteiger charge is 2.47. The molecule has 0 saturated carbocycles. The van der Waals surface area contributed by atoms with Crippen LogP contribution in [0.3, 0.4) is 0 Å². The van der Waals surface area contributed by atoms with Crippen LogP contribution < -0.4 is 0 Å². The molecular formula is C55H38N3+. The molecule has 12 rings (SSSR count). The third kappa shape index (κ3) is 5.10. The Balaban J connectivity index is 1.04. The third-order valence-corrected chi connectivity index (χ3v) is 12.3. The van der Waals surface area contributed by atoms with Crippen LogP contribution in [0.4, 0.5) is 5.69 Å². The van der Waals surface area contributed by atoms with Gasteiger partial charge in [-0.1, -0.05) is 115 Å². The number of nitrogens with zero attached hydrogens (tertiary/aromatic N) is 3. The van der Waals surface area contributed by atoms with Crippen molar-refractivity contribution in [2.45, 2.75) is 6.42 Å². The number of hydrogen-bond acceptors (Lipinski definition) is 0. The standard InChI is InChI=1S/C55H38N3/c1-4-14-37(15-5-1)41-32-42(38-16-6-2-7-17-38)34-43(33-41)55-48-22-12-13-23-51(48)58(55)46-26-24-45(25-27-46)57-52-29-28-50-47(30-31-56(50)44-20-8-3-9-21-44)54(52)49-35-39-18-10-11-19-40(39)36-53(49)57/h1-21,23-36,48H,22H2/q+1. The van der Waals surface area contributed by atoms with Gasteiger partial charge in [0.25, 0.3) is 0 Å². The van der Waals surface area contributed by atoms with Crippen LogP contribution in [0.25, 0.3) is 77.1 Å². The molecule has 1 aliphatic heterocycles. The van der Waals surface area contributed by atoms with Gasteiger partial charge in [0, 0.05) is 57.5 Å². The number of allylic oxidation sites excluding steroid dienone is 4. The van der Waals surface area contributed by atoms with Crippen LogP contribution in [-0.2, 0) is 0 Å². The van der Waals surface area contributed by atoms with Crippen LogP contribution in [0.2, 0.25) is 0 Å². The average Bonchev–Trinajstić information content (AvgIpc) is 3.86. The zero-order valence-electron chi connectivity index (χ0n) is 31.8. The fourth-order valence-electron chi connectivity index (χ4n) is 9.58. The van der Waals surface area contributed by atoms with Crippen LogP contribution in [-0.4, -0.2) is 19.4 Å². The summed E-state index contributed by atoms with van der Waals surface area (Å²) in [7, 11) is 0. The SMILES string of the molecule is C1=CCC2C(=C1)[N+](c1ccc(-n3c4cc5ccccc5cc4c4c5ccn(-c6ccccc6)c5ccc43)cc1)=C2c1cc(-c2ccccc2)cc(-c2ccccc2)c1. The zero-order valence-corrected chi connectivity index (χ0v) is 31.8. The fourth-order valence-corrected chi connectivity index (χ4v) is 9.58. The first-order chi connectivity index (χ1) is 28.8. The maximum absolute atomic E-state index is 2.49. The van der Waals surface area contributed by atoms with E-state index >= 15 is 0 Å². The van der Waals surface area contributed by atoms with Crippen molar-refractivity contribution in [3.8, 4) is 33.6 Å². The minimum atomic E-state index is 0.343. The molecule has 58 heavy (non-hydrogen) atoms. The van der Waals surface area contributed by atoms with Gasteiger partial charge in [-0.05, 0) is 112 Å². The molecule has 0 spiro atoms. The van der Waals surface area contributed by atoms with E-state index in [2.05, 4.69) is 226 Å². The lowest BCUT2D eigenvalue weighted by molar-refractivity contribution is -0.422. The molecule has 10 aromatic rings. The van der Waals surface area contributed by atoms with Gasteiger partial charge in [0.2, 0.25) is 17.1 Å². The molecule has 1 unspecified atom stereocenters. The largest absolute Gasteiger partial charge is 0.317 e. The molecule has 0 saturated heterocycles. The van der Waals surface area contributed by atoms with Crippen molar-refractivity contribution in [1.29, 1.82) is 0 Å². The minimum Gasteiger partial charge on any atom is -0.317 e. The summed E-state index contributed by atoms with van der Waals surface area (Å²) in [5, 5.41) is 6.30. The van der Waals surface area contributed by atoms with E-state index in [0.29, 0.717) is 5.92 Å². The summed E-state index contributed by atoms with van der Waals surface area (Å²) in [6.45, 7) is 0. The lowest BCUT2D eigenvalue weighted by Crippen LogP contribution is -2.41. The van der Waals surface area contributed by atoms with Crippen LogP contribution in [0.1, 0.15) is 12.0 Å². The fraction of sp³-hybridized carbons (Fsp3) is 0.0364. The van der Waals surface area contributed by atoms with Crippen molar-refractivity contribution in [2.24, 2.45) is 5.92 Å². The van der Waals surface area contributed by atoms with Gasteiger partial charge in [-0.25, -0.2) is 0 Å². The van der Waals surface area contributed by atoms with Crippen LogP contribution in [0.5, 0.6) is 0 Å². The summed E-state index contributed by atoms with van der Waals surface area (Å²) in [6.07, 6.45) is 10.0. The predicted molar refractivity (Wildman–Crippen MR) is 242 cm³/mol. The molecule has 0 bridgehead atoms. The Bertz CT molecular complexity index is 3270. The third-order valence-electron chi connectivity index (χ3n) is 12.3. The number of para-hydroxylation sites is 1. The molecule has 1 aliphatic carbocycles. The first-order valence-electron chi connectivity index (χ1n) is 20.2. The second-order valence-corrected chi connectivity index (χ2v) is 15.5. The molecule has 0 radical (unpaired) electrons. The van der Waals surface area contributed by atoms with Crippen molar-refractivity contribution < 1.29 is 4.58 Å². The molecule has 2 aromatic heterocycles. The first-order valence-corrected chi connectivity index (χ1v) is 20.2. The van der Waals surface area contributed by atoms with Gasteiger partial charge < -0.3 is 9.13 Å². The van der Waals surface area contributed by atoms with Gasteiger partial charge in [0.05, 0.1) is 16.6 Å². The first kappa shape index (κ1) is 32.7. The quantitative estimate of drug-likeness (QED) is 0.151. The molecule has 8 aromatic carbocycles. The molecule has 1 atom stereocenters. The Morgan fingerprint density at radius 1 is 0.466 bits per heavy atom. The Labute approximate surface area is 337 Å². The molecule has 272 valence electrons. The Kier molecular flexibility index (Phi) is 7.36. The number of benzene rings is 8. The van der Waals surface area contributed by atoms with E-state index in [1.807, 2.05) is 0 Å². The van der Waals surface area contributed by atoms with Crippen molar-refractivity contribution in [3.63, 3.8) is 0 Å². The van der Waals surface area contributed by atoms with Gasteiger partial charge >= 0.3 is 0 Å². The average molecular weight is 741 g/mol. The lowest BCUT2D eigenvalue weighted by Gasteiger charge is -2.30. The Morgan fingerprint density at radius 3 is 1.79 bits per heavy atom. The predicted octanol–water partition coefficient (Wildman–Crippen LogP) is 13.8. The van der Waals surface area contributed by atoms with Crippen molar-refractivity contribution in [1.82, 2.24) is 9.13 Å². The maximum atomic E-state index is 2.49. The van der Waals surface area contributed by atoms with E-state index in [-0.39, 0.29) is 0 Å². The van der Waals surface area contributed by atoms with E-state index < -0.39 is 0 Å². The molecule has 0 N–H and O–H groups in total. The van der Waals surface area contributed by atoms with Gasteiger partial charge in [-0.2, -0.15) is 4.58 Å². The molecule has 3 heteroatoms. The summed E-state index contributed by atoms with van der Waals surface area (Å²) in [6, 6.07) is 68.9. The van der Waals surface area contributed by atoms with Crippen LogP contribution in [0, 0.1) is 5.92 Å². The molecule has 2 aliphatic rings. The number of aromatic nitrogens is 2. The lowest BCUT2D eigenvalue weighted by atomic mass is 9.79. The number of fused-ring (bicyclic) bond motifs is 7. The Hall–Kier alpha value is -7.49. The molecule has 0 amide bonds. The second kappa shape index (κ2) is 13.0. The van der Waals surface area contributed by atoms with Gasteiger partial charge in [-0.3, -0.25) is 0 Å². The normalized spacial score (nSPS) is 15.0. The number of rotatable bonds is 6. The zero-order chi connectivity index (χ0) is 38.2. The molecule has 3 heterocycles. The van der Waals surface area contributed by atoms with E-state index in [0.717, 1.165) is 17.8 Å². The van der Waals surface area contributed by atoms with E-state index in [1.54, 1.807) is 0 Å². The summed E-state index contributed by atoms with van der Waals surface area (Å²) < 4.78 is 7.25. The monoisotopic (exact) mass is 740 g/mol. The van der Waals surface area contributed by atoms with E-state index in [9.17, 15) is 0 Å². The minimum absolute atomic E-state index is 0.343. The summed E-state index contributed by atoms with van der Waals surface area (Å²) in [5.74, 6) is 0.343. The van der Waals surface area contributed by atoms with E-state index in [4.69, 9.17) is 0 Å². The van der Waals surface area contributed by atoms with E-state index in [1.165, 1.54) is 88.4 Å². The van der Waals surface area contributed by atoms with Gasteiger partial charge in [-0.15, -0.1) is 0 Å². The molecule has 0 fully saturated rings. The van der Waals surface area contributed by atoms with Gasteiger partial charge in [0.15, 0.2) is 0 Å². The van der Waals surface area contributed by atoms with Crippen molar-refractivity contribution in [3.05, 3.63) is 224 Å². The summed E-state index contributed by atoms with van der Waals surface area (Å²) >= 11 is 0. The summed E-state index contributed by atoms with van der Waals surface area (Å²) in [5.41, 5.74) is 16.0. The smallest absolute Gasteiger partial charge is 0.211 e. The molecule has 3 nitrogen and oxygen atoms in total. The topological polar surface area (TPSA) is 12.9 Å². The van der Waals surface area contributed by atoms with Crippen LogP contribution >= 0.6 is 0 Å². The van der Waals surface area contributed by atoms with Crippen LogP contribution in [0.15, 0.2) is 218 Å². The Morgan fingerprint density at radius 2 is 1.09 bits per heavy atom.